The molecule has 0 saturated carbocycles. The summed E-state index contributed by atoms with van der Waals surface area (Å²) in [6.07, 6.45) is 0.526. The molecule has 4 heteroatoms. The van der Waals surface area contributed by atoms with Crippen LogP contribution in [0, 0.1) is 17.0 Å². The molecule has 0 radical (unpaired) electrons. The van der Waals surface area contributed by atoms with Crippen LogP contribution in [0.2, 0.25) is 0 Å². The Morgan fingerprint density at radius 2 is 2.21 bits per heavy atom. The fourth-order valence-corrected chi connectivity index (χ4v) is 1.49. The van der Waals surface area contributed by atoms with Crippen molar-refractivity contribution in [1.29, 1.82) is 0 Å². The average Bonchev–Trinajstić information content (AvgIpc) is 2.07. The molecule has 1 atom stereocenters. The molecule has 0 aromatic heterocycles. The number of hydrogen-bond donors (Lipinski definition) is 0. The minimum absolute atomic E-state index is 0.0867. The molecule has 76 valence electrons. The van der Waals surface area contributed by atoms with Crippen molar-refractivity contribution in [3.05, 3.63) is 39.4 Å². The monoisotopic (exact) mass is 213 g/mol. The van der Waals surface area contributed by atoms with Crippen LogP contribution in [-0.2, 0) is 6.42 Å². The van der Waals surface area contributed by atoms with Crippen molar-refractivity contribution in [1.82, 2.24) is 0 Å². The third-order valence-electron chi connectivity index (χ3n) is 1.94. The average molecular weight is 214 g/mol. The first kappa shape index (κ1) is 11.0. The van der Waals surface area contributed by atoms with Gasteiger partial charge in [0, 0.05) is 17.0 Å². The normalized spacial score (nSPS) is 12.5. The maximum absolute atomic E-state index is 10.7. The van der Waals surface area contributed by atoms with Gasteiger partial charge < -0.3 is 0 Å². The van der Waals surface area contributed by atoms with E-state index in [2.05, 4.69) is 0 Å². The van der Waals surface area contributed by atoms with E-state index in [4.69, 9.17) is 11.6 Å². The standard InChI is InChI=1S/C10H12ClNO2/c1-7-3-4-9(6-8(2)11)10(5-7)12(13)14/h3-5,8H,6H2,1-2H3. The van der Waals surface area contributed by atoms with Crippen LogP contribution < -0.4 is 0 Å². The smallest absolute Gasteiger partial charge is 0.258 e. The fraction of sp³-hybridized carbons (Fsp3) is 0.400. The van der Waals surface area contributed by atoms with E-state index in [1.165, 1.54) is 0 Å². The van der Waals surface area contributed by atoms with Crippen molar-refractivity contribution in [2.75, 3.05) is 0 Å². The van der Waals surface area contributed by atoms with Crippen LogP contribution in [0.15, 0.2) is 18.2 Å². The maximum Gasteiger partial charge on any atom is 0.272 e. The molecule has 0 fully saturated rings. The number of nitro groups is 1. The minimum atomic E-state index is -0.360. The summed E-state index contributed by atoms with van der Waals surface area (Å²) in [4.78, 5) is 10.4. The molecule has 1 unspecified atom stereocenters. The Kier molecular flexibility index (Phi) is 3.47. The number of rotatable bonds is 3. The molecule has 1 aromatic carbocycles. The summed E-state index contributed by atoms with van der Waals surface area (Å²) >= 11 is 5.81. The lowest BCUT2D eigenvalue weighted by atomic mass is 10.1. The first-order valence-corrected chi connectivity index (χ1v) is 4.82. The molecule has 0 amide bonds. The number of nitro benzene ring substituents is 1. The van der Waals surface area contributed by atoms with Gasteiger partial charge in [0.15, 0.2) is 0 Å². The van der Waals surface area contributed by atoms with Crippen molar-refractivity contribution in [3.63, 3.8) is 0 Å². The zero-order valence-electron chi connectivity index (χ0n) is 8.16. The third kappa shape index (κ3) is 2.70. The van der Waals surface area contributed by atoms with E-state index >= 15 is 0 Å². The summed E-state index contributed by atoms with van der Waals surface area (Å²) < 4.78 is 0. The molecule has 0 aliphatic carbocycles. The first-order valence-electron chi connectivity index (χ1n) is 4.38. The van der Waals surface area contributed by atoms with Crippen LogP contribution in [-0.4, -0.2) is 10.3 Å². The number of hydrogen-bond acceptors (Lipinski definition) is 2. The predicted molar refractivity (Wildman–Crippen MR) is 56.9 cm³/mol. The molecule has 1 rings (SSSR count). The van der Waals surface area contributed by atoms with Gasteiger partial charge in [0.1, 0.15) is 0 Å². The van der Waals surface area contributed by atoms with E-state index in [1.807, 2.05) is 19.9 Å². The largest absolute Gasteiger partial charge is 0.272 e. The van der Waals surface area contributed by atoms with E-state index in [0.29, 0.717) is 12.0 Å². The van der Waals surface area contributed by atoms with E-state index in [9.17, 15) is 10.1 Å². The van der Waals surface area contributed by atoms with Crippen LogP contribution in [0.1, 0.15) is 18.1 Å². The maximum atomic E-state index is 10.7. The van der Waals surface area contributed by atoms with Gasteiger partial charge in [-0.15, -0.1) is 11.6 Å². The van der Waals surface area contributed by atoms with Gasteiger partial charge >= 0.3 is 0 Å². The van der Waals surface area contributed by atoms with Crippen LogP contribution in [0.5, 0.6) is 0 Å². The van der Waals surface area contributed by atoms with Gasteiger partial charge in [-0.05, 0) is 25.8 Å². The van der Waals surface area contributed by atoms with Crippen molar-refractivity contribution in [3.8, 4) is 0 Å². The summed E-state index contributed by atoms with van der Waals surface area (Å²) in [5.74, 6) is 0. The van der Waals surface area contributed by atoms with Crippen molar-refractivity contribution >= 4 is 17.3 Å². The fourth-order valence-electron chi connectivity index (χ4n) is 1.32. The Labute approximate surface area is 87.8 Å². The Bertz CT molecular complexity index is 350. The van der Waals surface area contributed by atoms with Gasteiger partial charge in [-0.25, -0.2) is 0 Å². The zero-order valence-corrected chi connectivity index (χ0v) is 8.91. The molecule has 0 aliphatic heterocycles. The summed E-state index contributed by atoms with van der Waals surface area (Å²) in [6, 6.07) is 5.21. The van der Waals surface area contributed by atoms with Gasteiger partial charge in [0.25, 0.3) is 5.69 Å². The lowest BCUT2D eigenvalue weighted by Crippen LogP contribution is -2.02. The SMILES string of the molecule is Cc1ccc(CC(C)Cl)c([N+](=O)[O-])c1. The Morgan fingerprint density at radius 3 is 2.71 bits per heavy atom. The lowest BCUT2D eigenvalue weighted by Gasteiger charge is -2.04. The van der Waals surface area contributed by atoms with Crippen LogP contribution in [0.4, 0.5) is 5.69 Å². The highest BCUT2D eigenvalue weighted by atomic mass is 35.5. The van der Waals surface area contributed by atoms with Crippen molar-refractivity contribution in [2.45, 2.75) is 25.6 Å². The van der Waals surface area contributed by atoms with Gasteiger partial charge in [-0.3, -0.25) is 10.1 Å². The number of aryl methyl sites for hydroxylation is 1. The Morgan fingerprint density at radius 1 is 1.57 bits per heavy atom. The van der Waals surface area contributed by atoms with Crippen molar-refractivity contribution in [2.24, 2.45) is 0 Å². The molecule has 0 saturated heterocycles. The lowest BCUT2D eigenvalue weighted by molar-refractivity contribution is -0.385. The first-order chi connectivity index (χ1) is 6.50. The second-order valence-electron chi connectivity index (χ2n) is 3.37. The highest BCUT2D eigenvalue weighted by molar-refractivity contribution is 6.20. The van der Waals surface area contributed by atoms with Crippen LogP contribution in [0.25, 0.3) is 0 Å². The predicted octanol–water partition coefficient (Wildman–Crippen LogP) is 3.07. The molecule has 0 aliphatic rings. The number of nitrogens with zero attached hydrogens (tertiary/aromatic N) is 1. The van der Waals surface area contributed by atoms with Crippen molar-refractivity contribution < 1.29 is 4.92 Å². The molecular formula is C10H12ClNO2. The minimum Gasteiger partial charge on any atom is -0.258 e. The summed E-state index contributed by atoms with van der Waals surface area (Å²) in [5.41, 5.74) is 1.75. The molecule has 0 bridgehead atoms. The Balaban J connectivity index is 3.08. The molecule has 14 heavy (non-hydrogen) atoms. The van der Waals surface area contributed by atoms with E-state index in [0.717, 1.165) is 5.56 Å². The Hall–Kier alpha value is -1.09. The molecule has 1 aromatic rings. The van der Waals surface area contributed by atoms with Gasteiger partial charge in [0.2, 0.25) is 0 Å². The van der Waals surface area contributed by atoms with E-state index in [-0.39, 0.29) is 16.0 Å². The van der Waals surface area contributed by atoms with Crippen LogP contribution >= 0.6 is 11.6 Å². The number of halogens is 1. The number of benzene rings is 1. The molecular weight excluding hydrogens is 202 g/mol. The zero-order chi connectivity index (χ0) is 10.7. The molecule has 0 N–H and O–H groups in total. The third-order valence-corrected chi connectivity index (χ3v) is 2.09. The highest BCUT2D eigenvalue weighted by Gasteiger charge is 2.14. The van der Waals surface area contributed by atoms with E-state index in [1.54, 1.807) is 12.1 Å². The highest BCUT2D eigenvalue weighted by Crippen LogP contribution is 2.22. The van der Waals surface area contributed by atoms with Gasteiger partial charge in [-0.2, -0.15) is 0 Å². The second kappa shape index (κ2) is 4.42. The molecule has 0 heterocycles. The summed E-state index contributed by atoms with van der Waals surface area (Å²) in [6.45, 7) is 3.66. The topological polar surface area (TPSA) is 43.1 Å². The van der Waals surface area contributed by atoms with Gasteiger partial charge in [0.05, 0.1) is 4.92 Å². The quantitative estimate of drug-likeness (QED) is 0.440. The molecule has 3 nitrogen and oxygen atoms in total. The number of alkyl halides is 1. The summed E-state index contributed by atoms with van der Waals surface area (Å²) in [5, 5.41) is 10.6. The molecule has 0 spiro atoms. The van der Waals surface area contributed by atoms with E-state index < -0.39 is 0 Å². The van der Waals surface area contributed by atoms with Gasteiger partial charge in [-0.1, -0.05) is 12.1 Å². The van der Waals surface area contributed by atoms with Crippen LogP contribution in [0.3, 0.4) is 0 Å². The summed E-state index contributed by atoms with van der Waals surface area (Å²) in [7, 11) is 0. The second-order valence-corrected chi connectivity index (χ2v) is 4.12.